The highest BCUT2D eigenvalue weighted by atomic mass is 32.1. The number of hydrogen-bond acceptors (Lipinski definition) is 5. The normalized spacial score (nSPS) is 17.2. The van der Waals surface area contributed by atoms with E-state index >= 15 is 0 Å². The first kappa shape index (κ1) is 18.9. The molecule has 1 fully saturated rings. The number of nitrogens with one attached hydrogen (secondary N) is 2. The Kier molecular flexibility index (Phi) is 7.08. The van der Waals surface area contributed by atoms with E-state index in [-0.39, 0.29) is 6.04 Å². The molecule has 142 valence electrons. The van der Waals surface area contributed by atoms with Crippen LogP contribution in [0.1, 0.15) is 47.9 Å². The number of nitrogens with zero attached hydrogens (tertiary/aromatic N) is 3. The third kappa shape index (κ3) is 5.32. The summed E-state index contributed by atoms with van der Waals surface area (Å²) in [6, 6.07) is 4.28. The van der Waals surface area contributed by atoms with Crippen LogP contribution >= 0.6 is 11.3 Å². The van der Waals surface area contributed by atoms with Crippen LogP contribution in [0.25, 0.3) is 0 Å². The number of aryl methyl sites for hydroxylation is 1. The smallest absolute Gasteiger partial charge is 0.191 e. The van der Waals surface area contributed by atoms with Gasteiger partial charge in [0, 0.05) is 24.2 Å². The number of aromatic nitrogens is 1. The molecule has 3 heterocycles. The van der Waals surface area contributed by atoms with Gasteiger partial charge in [0.15, 0.2) is 5.96 Å². The summed E-state index contributed by atoms with van der Waals surface area (Å²) in [5.41, 5.74) is 0. The van der Waals surface area contributed by atoms with Crippen LogP contribution in [0.4, 0.5) is 0 Å². The van der Waals surface area contributed by atoms with E-state index in [1.165, 1.54) is 24.1 Å². The first-order chi connectivity index (χ1) is 12.8. The number of rotatable bonds is 7. The second-order valence-electron chi connectivity index (χ2n) is 6.55. The van der Waals surface area contributed by atoms with E-state index in [1.54, 1.807) is 17.6 Å². The lowest BCUT2D eigenvalue weighted by Gasteiger charge is -2.33. The predicted molar refractivity (Wildman–Crippen MR) is 107 cm³/mol. The largest absolute Gasteiger partial charge is 0.468 e. The Bertz CT molecular complexity index is 676. The number of likely N-dealkylation sites (tertiary alicyclic amines) is 1. The summed E-state index contributed by atoms with van der Waals surface area (Å²) in [6.45, 7) is 8.62. The fraction of sp³-hybridized carbons (Fsp3) is 0.579. The molecule has 0 aliphatic carbocycles. The maximum absolute atomic E-state index is 5.72. The van der Waals surface area contributed by atoms with Crippen molar-refractivity contribution in [3.63, 3.8) is 0 Å². The van der Waals surface area contributed by atoms with Crippen molar-refractivity contribution in [3.05, 3.63) is 40.2 Å². The molecule has 0 spiro atoms. The molecule has 0 saturated carbocycles. The van der Waals surface area contributed by atoms with Crippen molar-refractivity contribution in [1.82, 2.24) is 20.5 Å². The lowest BCUT2D eigenvalue weighted by atomic mass is 10.1. The molecular formula is C19H29N5OS. The van der Waals surface area contributed by atoms with Gasteiger partial charge in [-0.25, -0.2) is 9.98 Å². The molecule has 0 radical (unpaired) electrons. The minimum absolute atomic E-state index is 0.236. The summed E-state index contributed by atoms with van der Waals surface area (Å²) in [5, 5.41) is 7.92. The average Bonchev–Trinajstić information content (AvgIpc) is 3.33. The van der Waals surface area contributed by atoms with Crippen LogP contribution in [0, 0.1) is 6.92 Å². The third-order valence-corrected chi connectivity index (χ3v) is 5.47. The predicted octanol–water partition coefficient (Wildman–Crippen LogP) is 3.33. The molecule has 0 bridgehead atoms. The zero-order valence-corrected chi connectivity index (χ0v) is 16.5. The Balaban J connectivity index is 1.64. The zero-order chi connectivity index (χ0) is 18.2. The highest BCUT2D eigenvalue weighted by molar-refractivity contribution is 7.11. The molecule has 26 heavy (non-hydrogen) atoms. The lowest BCUT2D eigenvalue weighted by molar-refractivity contribution is 0.146. The van der Waals surface area contributed by atoms with Gasteiger partial charge in [0.2, 0.25) is 0 Å². The van der Waals surface area contributed by atoms with Crippen molar-refractivity contribution in [2.24, 2.45) is 4.99 Å². The summed E-state index contributed by atoms with van der Waals surface area (Å²) >= 11 is 1.70. The van der Waals surface area contributed by atoms with E-state index in [0.717, 1.165) is 42.9 Å². The fourth-order valence-corrected chi connectivity index (χ4v) is 4.01. The SMILES string of the molecule is CCNC(=NCc1cnc(C)s1)NCC(c1ccco1)N1CCCCC1. The molecule has 1 atom stereocenters. The van der Waals surface area contributed by atoms with Crippen molar-refractivity contribution in [1.29, 1.82) is 0 Å². The highest BCUT2D eigenvalue weighted by Crippen LogP contribution is 2.24. The van der Waals surface area contributed by atoms with Gasteiger partial charge >= 0.3 is 0 Å². The highest BCUT2D eigenvalue weighted by Gasteiger charge is 2.24. The summed E-state index contributed by atoms with van der Waals surface area (Å²) < 4.78 is 5.72. The van der Waals surface area contributed by atoms with Crippen LogP contribution in [0.3, 0.4) is 0 Å². The maximum atomic E-state index is 5.72. The monoisotopic (exact) mass is 375 g/mol. The minimum atomic E-state index is 0.236. The quantitative estimate of drug-likeness (QED) is 0.574. The number of furan rings is 1. The number of piperidine rings is 1. The van der Waals surface area contributed by atoms with Gasteiger partial charge in [-0.3, -0.25) is 4.90 Å². The van der Waals surface area contributed by atoms with Crippen LogP contribution in [-0.4, -0.2) is 42.0 Å². The van der Waals surface area contributed by atoms with Crippen LogP contribution in [0.5, 0.6) is 0 Å². The summed E-state index contributed by atoms with van der Waals surface area (Å²) in [5.74, 6) is 1.86. The molecule has 1 aliphatic rings. The van der Waals surface area contributed by atoms with Crippen molar-refractivity contribution >= 4 is 17.3 Å². The van der Waals surface area contributed by atoms with Crippen molar-refractivity contribution < 1.29 is 4.42 Å². The number of aliphatic imine (C=N–C) groups is 1. The Morgan fingerprint density at radius 3 is 2.85 bits per heavy atom. The lowest BCUT2D eigenvalue weighted by Crippen LogP contribution is -2.44. The zero-order valence-electron chi connectivity index (χ0n) is 15.7. The van der Waals surface area contributed by atoms with Gasteiger partial charge in [0.25, 0.3) is 0 Å². The van der Waals surface area contributed by atoms with Gasteiger partial charge in [-0.15, -0.1) is 11.3 Å². The maximum Gasteiger partial charge on any atom is 0.191 e. The molecule has 2 N–H and O–H groups in total. The third-order valence-electron chi connectivity index (χ3n) is 4.57. The second-order valence-corrected chi connectivity index (χ2v) is 7.87. The second kappa shape index (κ2) is 9.73. The van der Waals surface area contributed by atoms with Gasteiger partial charge in [-0.1, -0.05) is 6.42 Å². The topological polar surface area (TPSA) is 65.7 Å². The summed E-state index contributed by atoms with van der Waals surface area (Å²) in [4.78, 5) is 12.7. The van der Waals surface area contributed by atoms with E-state index in [9.17, 15) is 0 Å². The van der Waals surface area contributed by atoms with Gasteiger partial charge in [0.05, 0.1) is 23.9 Å². The molecule has 6 nitrogen and oxygen atoms in total. The number of guanidine groups is 1. The standard InChI is InChI=1S/C19H29N5OS/c1-3-20-19(22-13-16-12-21-15(2)26-16)23-14-17(18-8-7-11-25-18)24-9-5-4-6-10-24/h7-8,11-12,17H,3-6,9-10,13-14H2,1-2H3,(H2,20,22,23). The van der Waals surface area contributed by atoms with Crippen LogP contribution < -0.4 is 10.6 Å². The molecule has 2 aromatic rings. The van der Waals surface area contributed by atoms with E-state index in [1.807, 2.05) is 19.2 Å². The van der Waals surface area contributed by atoms with Crippen molar-refractivity contribution in [3.8, 4) is 0 Å². The molecule has 2 aromatic heterocycles. The molecule has 3 rings (SSSR count). The number of thiazole rings is 1. The molecule has 7 heteroatoms. The Hall–Kier alpha value is -1.86. The Morgan fingerprint density at radius 1 is 1.35 bits per heavy atom. The van der Waals surface area contributed by atoms with E-state index in [2.05, 4.69) is 33.5 Å². The molecule has 0 amide bonds. The molecule has 1 aliphatic heterocycles. The van der Waals surface area contributed by atoms with Gasteiger partial charge in [0.1, 0.15) is 5.76 Å². The average molecular weight is 376 g/mol. The summed E-state index contributed by atoms with van der Waals surface area (Å²) in [7, 11) is 0. The molecular weight excluding hydrogens is 346 g/mol. The Labute approximate surface area is 159 Å². The van der Waals surface area contributed by atoms with E-state index < -0.39 is 0 Å². The Morgan fingerprint density at radius 2 is 2.19 bits per heavy atom. The molecule has 1 unspecified atom stereocenters. The summed E-state index contributed by atoms with van der Waals surface area (Å²) in [6.07, 6.45) is 7.52. The minimum Gasteiger partial charge on any atom is -0.468 e. The first-order valence-electron chi connectivity index (χ1n) is 9.47. The fourth-order valence-electron chi connectivity index (χ4n) is 3.29. The van der Waals surface area contributed by atoms with Crippen molar-refractivity contribution in [2.75, 3.05) is 26.2 Å². The van der Waals surface area contributed by atoms with E-state index in [4.69, 9.17) is 9.41 Å². The van der Waals surface area contributed by atoms with E-state index in [0.29, 0.717) is 6.54 Å². The van der Waals surface area contributed by atoms with Crippen molar-refractivity contribution in [2.45, 2.75) is 45.7 Å². The van der Waals surface area contributed by atoms with Gasteiger partial charge in [-0.05, 0) is 51.9 Å². The van der Waals surface area contributed by atoms with Crippen LogP contribution in [-0.2, 0) is 6.54 Å². The van der Waals surface area contributed by atoms with Gasteiger partial charge < -0.3 is 15.1 Å². The molecule has 0 aromatic carbocycles. The van der Waals surface area contributed by atoms with Crippen LogP contribution in [0.2, 0.25) is 0 Å². The molecule has 1 saturated heterocycles. The van der Waals surface area contributed by atoms with Crippen LogP contribution in [0.15, 0.2) is 34.0 Å². The number of hydrogen-bond donors (Lipinski definition) is 2. The van der Waals surface area contributed by atoms with Gasteiger partial charge in [-0.2, -0.15) is 0 Å². The first-order valence-corrected chi connectivity index (χ1v) is 10.3.